The van der Waals surface area contributed by atoms with Crippen molar-refractivity contribution in [3.8, 4) is 0 Å². The third-order valence-electron chi connectivity index (χ3n) is 2.64. The van der Waals surface area contributed by atoms with Gasteiger partial charge in [0.25, 0.3) is 0 Å². The number of Topliss-reactive ketones (excluding diaryl/α,β-unsaturated/α-hetero) is 1. The third-order valence-corrected chi connectivity index (χ3v) is 2.64. The van der Waals surface area contributed by atoms with Gasteiger partial charge in [0.15, 0.2) is 5.78 Å². The maximum atomic E-state index is 11.4. The fourth-order valence-corrected chi connectivity index (χ4v) is 1.91. The second-order valence-electron chi connectivity index (χ2n) is 3.59. The van der Waals surface area contributed by atoms with Gasteiger partial charge in [-0.3, -0.25) is 4.79 Å². The minimum Gasteiger partial charge on any atom is -0.295 e. The Morgan fingerprint density at radius 1 is 1.13 bits per heavy atom. The summed E-state index contributed by atoms with van der Waals surface area (Å²) in [5.41, 5.74) is 1.84. The van der Waals surface area contributed by atoms with E-state index in [-0.39, 0.29) is 5.78 Å². The van der Waals surface area contributed by atoms with Crippen molar-refractivity contribution in [2.24, 2.45) is 0 Å². The molecule has 1 heteroatoms. The van der Waals surface area contributed by atoms with Gasteiger partial charge in [-0.2, -0.15) is 0 Å². The van der Waals surface area contributed by atoms with Crippen molar-refractivity contribution in [3.05, 3.63) is 53.9 Å². The monoisotopic (exact) mass is 197 g/mol. The van der Waals surface area contributed by atoms with E-state index in [1.54, 1.807) is 6.92 Å². The van der Waals surface area contributed by atoms with Crippen molar-refractivity contribution in [2.45, 2.75) is 13.8 Å². The Balaban J connectivity index is 2.81. The zero-order valence-corrected chi connectivity index (χ0v) is 8.95. The molecular formula is C14H13O. The molecule has 0 aliphatic carbocycles. The summed E-state index contributed by atoms with van der Waals surface area (Å²) in [6.07, 6.45) is 2.00. The average molecular weight is 197 g/mol. The maximum Gasteiger partial charge on any atom is 0.160 e. The first-order valence-corrected chi connectivity index (χ1v) is 5.06. The predicted octanol–water partition coefficient (Wildman–Crippen LogP) is 3.61. The highest BCUT2D eigenvalue weighted by atomic mass is 16.1. The summed E-state index contributed by atoms with van der Waals surface area (Å²) < 4.78 is 0. The Morgan fingerprint density at radius 2 is 1.87 bits per heavy atom. The molecule has 1 radical (unpaired) electrons. The molecule has 2 rings (SSSR count). The smallest absolute Gasteiger partial charge is 0.160 e. The van der Waals surface area contributed by atoms with Crippen LogP contribution in [0.1, 0.15) is 29.8 Å². The van der Waals surface area contributed by atoms with E-state index < -0.39 is 0 Å². The molecule has 0 aliphatic heterocycles. The lowest BCUT2D eigenvalue weighted by Gasteiger charge is -2.08. The van der Waals surface area contributed by atoms with Gasteiger partial charge >= 0.3 is 0 Å². The summed E-state index contributed by atoms with van der Waals surface area (Å²) in [4.78, 5) is 11.4. The molecule has 15 heavy (non-hydrogen) atoms. The Labute approximate surface area is 89.7 Å². The maximum absolute atomic E-state index is 11.4. The van der Waals surface area contributed by atoms with Crippen LogP contribution in [0.2, 0.25) is 0 Å². The number of carbonyl (C=O) groups is 1. The van der Waals surface area contributed by atoms with Gasteiger partial charge in [-0.05, 0) is 29.7 Å². The molecule has 0 bridgehead atoms. The highest BCUT2D eigenvalue weighted by Gasteiger charge is 2.08. The van der Waals surface area contributed by atoms with Crippen molar-refractivity contribution in [1.29, 1.82) is 0 Å². The molecule has 0 saturated carbocycles. The molecule has 0 spiro atoms. The SMILES string of the molecule is C[CH]c1c(C(C)=O)ccc2ccccc12. The molecule has 2 aromatic carbocycles. The van der Waals surface area contributed by atoms with Crippen LogP contribution < -0.4 is 0 Å². The van der Waals surface area contributed by atoms with Crippen LogP contribution in [0.5, 0.6) is 0 Å². The first kappa shape index (κ1) is 9.91. The van der Waals surface area contributed by atoms with E-state index in [1.807, 2.05) is 37.6 Å². The molecule has 0 saturated heterocycles. The summed E-state index contributed by atoms with van der Waals surface area (Å²) in [5, 5.41) is 2.32. The molecule has 0 amide bonds. The molecule has 0 heterocycles. The number of ketones is 1. The predicted molar refractivity (Wildman–Crippen MR) is 63.0 cm³/mol. The molecule has 0 atom stereocenters. The van der Waals surface area contributed by atoms with Gasteiger partial charge in [0.1, 0.15) is 0 Å². The minimum atomic E-state index is 0.119. The Hall–Kier alpha value is -1.63. The largest absolute Gasteiger partial charge is 0.295 e. The molecule has 0 unspecified atom stereocenters. The molecule has 0 aromatic heterocycles. The number of hydrogen-bond acceptors (Lipinski definition) is 1. The molecule has 0 fully saturated rings. The van der Waals surface area contributed by atoms with Crippen LogP contribution in [0, 0.1) is 6.42 Å². The highest BCUT2D eigenvalue weighted by molar-refractivity contribution is 6.02. The van der Waals surface area contributed by atoms with Crippen LogP contribution in [-0.2, 0) is 0 Å². The normalized spacial score (nSPS) is 10.5. The summed E-state index contributed by atoms with van der Waals surface area (Å²) in [7, 11) is 0. The minimum absolute atomic E-state index is 0.119. The Morgan fingerprint density at radius 3 is 2.53 bits per heavy atom. The zero-order chi connectivity index (χ0) is 10.8. The van der Waals surface area contributed by atoms with E-state index >= 15 is 0 Å². The van der Waals surface area contributed by atoms with Crippen LogP contribution in [0.4, 0.5) is 0 Å². The first-order chi connectivity index (χ1) is 7.24. The van der Waals surface area contributed by atoms with E-state index in [2.05, 4.69) is 12.1 Å². The van der Waals surface area contributed by atoms with Gasteiger partial charge in [-0.25, -0.2) is 0 Å². The number of carbonyl (C=O) groups excluding carboxylic acids is 1. The Bertz CT molecular complexity index is 512. The van der Waals surface area contributed by atoms with Gasteiger partial charge in [0.2, 0.25) is 0 Å². The van der Waals surface area contributed by atoms with Crippen LogP contribution in [0.25, 0.3) is 10.8 Å². The van der Waals surface area contributed by atoms with Gasteiger partial charge < -0.3 is 0 Å². The number of fused-ring (bicyclic) bond motifs is 1. The van der Waals surface area contributed by atoms with Crippen molar-refractivity contribution < 1.29 is 4.79 Å². The van der Waals surface area contributed by atoms with Crippen LogP contribution >= 0.6 is 0 Å². The van der Waals surface area contributed by atoms with E-state index in [0.717, 1.165) is 16.5 Å². The second kappa shape index (κ2) is 3.85. The second-order valence-corrected chi connectivity index (χ2v) is 3.59. The molecule has 2 aromatic rings. The third kappa shape index (κ3) is 1.65. The van der Waals surface area contributed by atoms with Gasteiger partial charge in [-0.1, -0.05) is 43.3 Å². The zero-order valence-electron chi connectivity index (χ0n) is 8.95. The lowest BCUT2D eigenvalue weighted by Crippen LogP contribution is -1.98. The fourth-order valence-electron chi connectivity index (χ4n) is 1.91. The summed E-state index contributed by atoms with van der Waals surface area (Å²) in [6, 6.07) is 12.0. The highest BCUT2D eigenvalue weighted by Crippen LogP contribution is 2.24. The van der Waals surface area contributed by atoms with Gasteiger partial charge in [0.05, 0.1) is 0 Å². The summed E-state index contributed by atoms with van der Waals surface area (Å²) in [5.74, 6) is 0.119. The average Bonchev–Trinajstić information content (AvgIpc) is 2.27. The van der Waals surface area contributed by atoms with Gasteiger partial charge in [-0.15, -0.1) is 0 Å². The van der Waals surface area contributed by atoms with Crippen LogP contribution in [-0.4, -0.2) is 5.78 Å². The van der Waals surface area contributed by atoms with Crippen molar-refractivity contribution in [3.63, 3.8) is 0 Å². The summed E-state index contributed by atoms with van der Waals surface area (Å²) >= 11 is 0. The van der Waals surface area contributed by atoms with Crippen molar-refractivity contribution >= 4 is 16.6 Å². The van der Waals surface area contributed by atoms with Crippen molar-refractivity contribution in [2.75, 3.05) is 0 Å². The van der Waals surface area contributed by atoms with E-state index in [0.29, 0.717) is 0 Å². The molecule has 0 N–H and O–H groups in total. The van der Waals surface area contributed by atoms with E-state index in [1.165, 1.54) is 5.39 Å². The fraction of sp³-hybridized carbons (Fsp3) is 0.143. The van der Waals surface area contributed by atoms with E-state index in [9.17, 15) is 4.79 Å². The number of hydrogen-bond donors (Lipinski definition) is 0. The number of benzene rings is 2. The van der Waals surface area contributed by atoms with Gasteiger partial charge in [0, 0.05) is 5.56 Å². The quantitative estimate of drug-likeness (QED) is 0.672. The lowest BCUT2D eigenvalue weighted by atomic mass is 9.95. The number of rotatable bonds is 2. The Kier molecular flexibility index (Phi) is 2.55. The molecule has 75 valence electrons. The van der Waals surface area contributed by atoms with Crippen LogP contribution in [0.15, 0.2) is 36.4 Å². The molecular weight excluding hydrogens is 184 g/mol. The van der Waals surface area contributed by atoms with E-state index in [4.69, 9.17) is 0 Å². The summed E-state index contributed by atoms with van der Waals surface area (Å²) in [6.45, 7) is 3.57. The van der Waals surface area contributed by atoms with Crippen molar-refractivity contribution in [1.82, 2.24) is 0 Å². The molecule has 1 nitrogen and oxygen atoms in total. The molecule has 0 aliphatic rings. The standard InChI is InChI=1S/C14H13O/c1-3-12-13(10(2)15)9-8-11-6-4-5-7-14(11)12/h3-9H,1-2H3. The lowest BCUT2D eigenvalue weighted by molar-refractivity contribution is 0.101. The van der Waals surface area contributed by atoms with Crippen LogP contribution in [0.3, 0.4) is 0 Å². The first-order valence-electron chi connectivity index (χ1n) is 5.06. The topological polar surface area (TPSA) is 17.1 Å².